The number of hydrogen-bond donors (Lipinski definition) is 1. The molecular weight excluding hydrogens is 331 g/mol. The molecule has 5 heteroatoms. The van der Waals surface area contributed by atoms with Crippen LogP contribution in [0.4, 0.5) is 0 Å². The van der Waals surface area contributed by atoms with E-state index in [1.54, 1.807) is 0 Å². The van der Waals surface area contributed by atoms with E-state index in [-0.39, 0.29) is 12.4 Å². The SMILES string of the molecule is CCOc1c(Cl)cccc1CN1CCC(C2CCCN2)CC1.Cl. The van der Waals surface area contributed by atoms with Crippen LogP contribution in [0.5, 0.6) is 5.75 Å². The fourth-order valence-electron chi connectivity index (χ4n) is 3.85. The predicted octanol–water partition coefficient (Wildman–Crippen LogP) is 4.12. The van der Waals surface area contributed by atoms with E-state index in [1.807, 2.05) is 19.1 Å². The molecule has 0 spiro atoms. The van der Waals surface area contributed by atoms with Crippen LogP contribution in [-0.4, -0.2) is 37.2 Å². The van der Waals surface area contributed by atoms with Crippen molar-refractivity contribution in [2.75, 3.05) is 26.2 Å². The van der Waals surface area contributed by atoms with Crippen LogP contribution < -0.4 is 10.1 Å². The van der Waals surface area contributed by atoms with Crippen LogP contribution in [0, 0.1) is 5.92 Å². The molecule has 1 aromatic carbocycles. The lowest BCUT2D eigenvalue weighted by molar-refractivity contribution is 0.156. The van der Waals surface area contributed by atoms with E-state index in [4.69, 9.17) is 16.3 Å². The standard InChI is InChI=1S/C18H27ClN2O.ClH/c1-2-22-18-15(5-3-6-16(18)19)13-21-11-8-14(9-12-21)17-7-4-10-20-17;/h3,5-6,14,17,20H,2,4,7-13H2,1H3;1H. The van der Waals surface area contributed by atoms with Gasteiger partial charge in [0.2, 0.25) is 0 Å². The van der Waals surface area contributed by atoms with E-state index in [1.165, 1.54) is 50.9 Å². The van der Waals surface area contributed by atoms with Gasteiger partial charge in [-0.15, -0.1) is 12.4 Å². The molecular formula is C18H28Cl2N2O. The molecule has 1 N–H and O–H groups in total. The first-order valence-electron chi connectivity index (χ1n) is 8.64. The molecule has 0 radical (unpaired) electrons. The summed E-state index contributed by atoms with van der Waals surface area (Å²) < 4.78 is 5.74. The topological polar surface area (TPSA) is 24.5 Å². The summed E-state index contributed by atoms with van der Waals surface area (Å²) in [5.41, 5.74) is 1.21. The fraction of sp³-hybridized carbons (Fsp3) is 0.667. The van der Waals surface area contributed by atoms with Gasteiger partial charge in [-0.25, -0.2) is 0 Å². The van der Waals surface area contributed by atoms with Crippen molar-refractivity contribution in [3.05, 3.63) is 28.8 Å². The minimum atomic E-state index is 0. The predicted molar refractivity (Wildman–Crippen MR) is 98.9 cm³/mol. The Morgan fingerprint density at radius 2 is 2.04 bits per heavy atom. The quantitative estimate of drug-likeness (QED) is 0.856. The third kappa shape index (κ3) is 4.76. The lowest BCUT2D eigenvalue weighted by Gasteiger charge is -2.35. The Morgan fingerprint density at radius 1 is 1.26 bits per heavy atom. The van der Waals surface area contributed by atoms with Crippen LogP contribution in [0.25, 0.3) is 0 Å². The first-order chi connectivity index (χ1) is 10.8. The lowest BCUT2D eigenvalue weighted by atomic mass is 9.88. The first-order valence-corrected chi connectivity index (χ1v) is 9.01. The molecule has 130 valence electrons. The zero-order valence-corrected chi connectivity index (χ0v) is 15.5. The van der Waals surface area contributed by atoms with Gasteiger partial charge in [0.05, 0.1) is 11.6 Å². The number of benzene rings is 1. The highest BCUT2D eigenvalue weighted by Gasteiger charge is 2.28. The molecule has 0 aromatic heterocycles. The molecule has 0 amide bonds. The second-order valence-electron chi connectivity index (χ2n) is 6.48. The highest BCUT2D eigenvalue weighted by molar-refractivity contribution is 6.32. The van der Waals surface area contributed by atoms with Crippen molar-refractivity contribution in [2.45, 2.75) is 45.2 Å². The van der Waals surface area contributed by atoms with Crippen molar-refractivity contribution in [3.8, 4) is 5.75 Å². The van der Waals surface area contributed by atoms with Gasteiger partial charge in [-0.3, -0.25) is 4.90 Å². The molecule has 3 rings (SSSR count). The van der Waals surface area contributed by atoms with E-state index < -0.39 is 0 Å². The van der Waals surface area contributed by atoms with Crippen LogP contribution >= 0.6 is 24.0 Å². The van der Waals surface area contributed by atoms with E-state index >= 15 is 0 Å². The molecule has 1 unspecified atom stereocenters. The second kappa shape index (κ2) is 9.12. The Balaban J connectivity index is 0.00000192. The summed E-state index contributed by atoms with van der Waals surface area (Å²) in [6, 6.07) is 6.84. The number of rotatable bonds is 5. The molecule has 2 heterocycles. The number of halogens is 2. The number of nitrogens with zero attached hydrogens (tertiary/aromatic N) is 1. The molecule has 0 saturated carbocycles. The smallest absolute Gasteiger partial charge is 0.142 e. The van der Waals surface area contributed by atoms with E-state index in [0.717, 1.165) is 29.3 Å². The van der Waals surface area contributed by atoms with Gasteiger partial charge in [0.1, 0.15) is 5.75 Å². The highest BCUT2D eigenvalue weighted by atomic mass is 35.5. The molecule has 2 aliphatic heterocycles. The number of piperidine rings is 1. The minimum absolute atomic E-state index is 0. The van der Waals surface area contributed by atoms with Crippen molar-refractivity contribution in [1.82, 2.24) is 10.2 Å². The number of likely N-dealkylation sites (tertiary alicyclic amines) is 1. The number of nitrogens with one attached hydrogen (secondary N) is 1. The summed E-state index contributed by atoms with van der Waals surface area (Å²) in [5, 5.41) is 4.39. The van der Waals surface area contributed by atoms with Gasteiger partial charge in [-0.2, -0.15) is 0 Å². The molecule has 2 aliphatic rings. The van der Waals surface area contributed by atoms with Crippen LogP contribution in [0.1, 0.15) is 38.2 Å². The number of hydrogen-bond acceptors (Lipinski definition) is 3. The lowest BCUT2D eigenvalue weighted by Crippen LogP contribution is -2.40. The zero-order valence-electron chi connectivity index (χ0n) is 13.9. The average molecular weight is 359 g/mol. The number of para-hydroxylation sites is 1. The first kappa shape index (κ1) is 18.9. The van der Waals surface area contributed by atoms with Crippen molar-refractivity contribution in [2.24, 2.45) is 5.92 Å². The van der Waals surface area contributed by atoms with Crippen molar-refractivity contribution < 1.29 is 4.74 Å². The largest absolute Gasteiger partial charge is 0.492 e. The second-order valence-corrected chi connectivity index (χ2v) is 6.88. The molecule has 0 bridgehead atoms. The third-order valence-electron chi connectivity index (χ3n) is 5.03. The van der Waals surface area contributed by atoms with Gasteiger partial charge in [-0.05, 0) is 64.2 Å². The van der Waals surface area contributed by atoms with E-state index in [2.05, 4.69) is 16.3 Å². The Hall–Kier alpha value is -0.480. The monoisotopic (exact) mass is 358 g/mol. The van der Waals surface area contributed by atoms with Crippen molar-refractivity contribution >= 4 is 24.0 Å². The molecule has 1 atom stereocenters. The minimum Gasteiger partial charge on any atom is -0.492 e. The third-order valence-corrected chi connectivity index (χ3v) is 5.33. The Bertz CT molecular complexity index is 484. The molecule has 2 fully saturated rings. The van der Waals surface area contributed by atoms with Crippen molar-refractivity contribution in [3.63, 3.8) is 0 Å². The van der Waals surface area contributed by atoms with E-state index in [0.29, 0.717) is 6.61 Å². The maximum atomic E-state index is 6.28. The Morgan fingerprint density at radius 3 is 2.70 bits per heavy atom. The summed E-state index contributed by atoms with van der Waals surface area (Å²) >= 11 is 6.28. The Kier molecular flexibility index (Phi) is 7.48. The van der Waals surface area contributed by atoms with Crippen molar-refractivity contribution in [1.29, 1.82) is 0 Å². The van der Waals surface area contributed by atoms with Gasteiger partial charge in [-0.1, -0.05) is 23.7 Å². The molecule has 2 saturated heterocycles. The van der Waals surface area contributed by atoms with Gasteiger partial charge in [0.15, 0.2) is 0 Å². The Labute approximate surface area is 151 Å². The van der Waals surface area contributed by atoms with Gasteiger partial charge in [0, 0.05) is 18.2 Å². The summed E-state index contributed by atoms with van der Waals surface area (Å²) in [6.45, 7) is 7.19. The maximum Gasteiger partial charge on any atom is 0.142 e. The van der Waals surface area contributed by atoms with Crippen LogP contribution in [0.3, 0.4) is 0 Å². The molecule has 1 aromatic rings. The molecule has 0 aliphatic carbocycles. The van der Waals surface area contributed by atoms with Crippen LogP contribution in [-0.2, 0) is 6.54 Å². The fourth-order valence-corrected chi connectivity index (χ4v) is 4.10. The summed E-state index contributed by atoms with van der Waals surface area (Å²) in [7, 11) is 0. The van der Waals surface area contributed by atoms with Gasteiger partial charge < -0.3 is 10.1 Å². The van der Waals surface area contributed by atoms with E-state index in [9.17, 15) is 0 Å². The van der Waals surface area contributed by atoms with Crippen LogP contribution in [0.15, 0.2) is 18.2 Å². The average Bonchev–Trinajstić information content (AvgIpc) is 3.06. The summed E-state index contributed by atoms with van der Waals surface area (Å²) in [4.78, 5) is 2.54. The van der Waals surface area contributed by atoms with Gasteiger partial charge in [0.25, 0.3) is 0 Å². The molecule has 3 nitrogen and oxygen atoms in total. The maximum absolute atomic E-state index is 6.28. The molecule has 23 heavy (non-hydrogen) atoms. The summed E-state index contributed by atoms with van der Waals surface area (Å²) in [5.74, 6) is 1.73. The van der Waals surface area contributed by atoms with Crippen LogP contribution in [0.2, 0.25) is 5.02 Å². The normalized spacial score (nSPS) is 22.8. The highest BCUT2D eigenvalue weighted by Crippen LogP contribution is 2.31. The van der Waals surface area contributed by atoms with Gasteiger partial charge >= 0.3 is 0 Å². The summed E-state index contributed by atoms with van der Waals surface area (Å²) in [6.07, 6.45) is 5.34. The zero-order chi connectivity index (χ0) is 15.4. The number of ether oxygens (including phenoxy) is 1.